The van der Waals surface area contributed by atoms with Crippen molar-refractivity contribution in [3.8, 4) is 5.75 Å². The number of halogens is 1. The van der Waals surface area contributed by atoms with Crippen LogP contribution >= 0.6 is 22.6 Å². The predicted octanol–water partition coefficient (Wildman–Crippen LogP) is 2.23. The van der Waals surface area contributed by atoms with E-state index in [4.69, 9.17) is 4.74 Å². The van der Waals surface area contributed by atoms with Crippen LogP contribution in [-0.2, 0) is 9.53 Å². The largest absolute Gasteiger partial charge is 0.478 e. The van der Waals surface area contributed by atoms with Crippen LogP contribution in [0.1, 0.15) is 6.92 Å². The highest BCUT2D eigenvalue weighted by molar-refractivity contribution is 14.1. The van der Waals surface area contributed by atoms with Crippen LogP contribution in [0.25, 0.3) is 0 Å². The van der Waals surface area contributed by atoms with Gasteiger partial charge in [-0.15, -0.1) is 0 Å². The summed E-state index contributed by atoms with van der Waals surface area (Å²) in [6.45, 7) is 1.66. The van der Waals surface area contributed by atoms with Gasteiger partial charge in [0, 0.05) is 0 Å². The maximum absolute atomic E-state index is 11.1. The first-order chi connectivity index (χ1) is 6.65. The van der Waals surface area contributed by atoms with E-state index in [1.807, 2.05) is 24.3 Å². The molecule has 1 aromatic carbocycles. The van der Waals surface area contributed by atoms with Gasteiger partial charge in [0.25, 0.3) is 0 Å². The average molecular weight is 306 g/mol. The van der Waals surface area contributed by atoms with Crippen LogP contribution in [0.5, 0.6) is 5.75 Å². The van der Waals surface area contributed by atoms with E-state index >= 15 is 0 Å². The molecule has 1 rings (SSSR count). The lowest BCUT2D eigenvalue weighted by molar-refractivity contribution is -0.147. The molecule has 0 fully saturated rings. The third-order valence-electron chi connectivity index (χ3n) is 1.67. The zero-order valence-corrected chi connectivity index (χ0v) is 10.1. The second-order valence-corrected chi connectivity index (χ2v) is 3.88. The molecule has 0 saturated carbocycles. The molecule has 0 aromatic heterocycles. The van der Waals surface area contributed by atoms with Crippen molar-refractivity contribution >= 4 is 28.6 Å². The third-order valence-corrected chi connectivity index (χ3v) is 2.56. The lowest BCUT2D eigenvalue weighted by atomic mass is 10.3. The van der Waals surface area contributed by atoms with E-state index in [-0.39, 0.29) is 5.97 Å². The molecule has 0 aliphatic carbocycles. The topological polar surface area (TPSA) is 35.5 Å². The van der Waals surface area contributed by atoms with Gasteiger partial charge in [-0.1, -0.05) is 12.1 Å². The summed E-state index contributed by atoms with van der Waals surface area (Å²) in [5.74, 6) is 0.329. The Balaban J connectivity index is 2.69. The summed E-state index contributed by atoms with van der Waals surface area (Å²) in [4.78, 5) is 11.1. The van der Waals surface area contributed by atoms with E-state index in [9.17, 15) is 4.79 Å². The number of rotatable bonds is 3. The van der Waals surface area contributed by atoms with Gasteiger partial charge in [0.1, 0.15) is 5.75 Å². The van der Waals surface area contributed by atoms with Crippen molar-refractivity contribution in [3.05, 3.63) is 27.8 Å². The molecule has 76 valence electrons. The van der Waals surface area contributed by atoms with Crippen molar-refractivity contribution in [2.24, 2.45) is 0 Å². The Hall–Kier alpha value is -0.780. The molecule has 1 atom stereocenters. The molecule has 1 unspecified atom stereocenters. The molecular weight excluding hydrogens is 295 g/mol. The van der Waals surface area contributed by atoms with Gasteiger partial charge in [-0.25, -0.2) is 4.79 Å². The summed E-state index contributed by atoms with van der Waals surface area (Å²) in [5.41, 5.74) is 0. The van der Waals surface area contributed by atoms with Gasteiger partial charge in [0.2, 0.25) is 0 Å². The second kappa shape index (κ2) is 5.19. The van der Waals surface area contributed by atoms with Crippen LogP contribution in [0, 0.1) is 3.57 Å². The quantitative estimate of drug-likeness (QED) is 0.634. The van der Waals surface area contributed by atoms with Crippen LogP contribution < -0.4 is 4.74 Å². The summed E-state index contributed by atoms with van der Waals surface area (Å²) in [6, 6.07) is 7.51. The van der Waals surface area contributed by atoms with E-state index in [2.05, 4.69) is 27.3 Å². The molecule has 0 N–H and O–H groups in total. The van der Waals surface area contributed by atoms with Crippen LogP contribution in [-0.4, -0.2) is 19.2 Å². The first-order valence-corrected chi connectivity index (χ1v) is 5.22. The van der Waals surface area contributed by atoms with Crippen LogP contribution in [0.4, 0.5) is 0 Å². The van der Waals surface area contributed by atoms with Crippen LogP contribution in [0.3, 0.4) is 0 Å². The fraction of sp³-hybridized carbons (Fsp3) is 0.300. The van der Waals surface area contributed by atoms with E-state index in [1.165, 1.54) is 7.11 Å². The summed E-state index contributed by atoms with van der Waals surface area (Å²) in [5, 5.41) is 0. The van der Waals surface area contributed by atoms with E-state index < -0.39 is 6.10 Å². The van der Waals surface area contributed by atoms with E-state index in [0.717, 1.165) is 3.57 Å². The number of hydrogen-bond donors (Lipinski definition) is 0. The number of benzene rings is 1. The third kappa shape index (κ3) is 2.87. The molecule has 0 bridgehead atoms. The molecule has 3 nitrogen and oxygen atoms in total. The summed E-state index contributed by atoms with van der Waals surface area (Å²) < 4.78 is 10.9. The van der Waals surface area contributed by atoms with Crippen molar-refractivity contribution in [3.63, 3.8) is 0 Å². The van der Waals surface area contributed by atoms with E-state index in [1.54, 1.807) is 6.92 Å². The fourth-order valence-corrected chi connectivity index (χ4v) is 1.46. The first-order valence-electron chi connectivity index (χ1n) is 4.14. The molecule has 14 heavy (non-hydrogen) atoms. The normalized spacial score (nSPS) is 11.9. The molecular formula is C10H11IO3. The smallest absolute Gasteiger partial charge is 0.346 e. The molecule has 0 aliphatic heterocycles. The molecule has 1 aromatic rings. The molecule has 0 saturated heterocycles. The monoisotopic (exact) mass is 306 g/mol. The Labute approximate surface area is 96.5 Å². The van der Waals surface area contributed by atoms with Crippen molar-refractivity contribution in [1.82, 2.24) is 0 Å². The Morgan fingerprint density at radius 2 is 2.07 bits per heavy atom. The van der Waals surface area contributed by atoms with Crippen LogP contribution in [0.15, 0.2) is 24.3 Å². The molecule has 0 heterocycles. The Bertz CT molecular complexity index is 325. The van der Waals surface area contributed by atoms with Crippen molar-refractivity contribution in [1.29, 1.82) is 0 Å². The number of esters is 1. The molecule has 0 amide bonds. The molecule has 0 aliphatic rings. The number of carbonyl (C=O) groups is 1. The number of carbonyl (C=O) groups excluding carboxylic acids is 1. The Morgan fingerprint density at radius 1 is 1.43 bits per heavy atom. The van der Waals surface area contributed by atoms with Gasteiger partial charge in [-0.05, 0) is 41.6 Å². The Morgan fingerprint density at radius 3 is 2.64 bits per heavy atom. The minimum atomic E-state index is -0.573. The fourth-order valence-electron chi connectivity index (χ4n) is 0.945. The SMILES string of the molecule is COC(=O)C(C)Oc1ccccc1I. The summed E-state index contributed by atoms with van der Waals surface area (Å²) in [6.07, 6.45) is -0.573. The van der Waals surface area contributed by atoms with E-state index in [0.29, 0.717) is 5.75 Å². The first kappa shape index (κ1) is 11.3. The van der Waals surface area contributed by atoms with Crippen molar-refractivity contribution in [2.75, 3.05) is 7.11 Å². The highest BCUT2D eigenvalue weighted by Crippen LogP contribution is 2.20. The number of para-hydroxylation sites is 1. The number of hydrogen-bond acceptors (Lipinski definition) is 3. The predicted molar refractivity (Wildman–Crippen MR) is 61.3 cm³/mol. The maximum atomic E-state index is 11.1. The zero-order valence-electron chi connectivity index (χ0n) is 7.99. The minimum Gasteiger partial charge on any atom is -0.478 e. The van der Waals surface area contributed by atoms with Crippen LogP contribution in [0.2, 0.25) is 0 Å². The lowest BCUT2D eigenvalue weighted by Crippen LogP contribution is -2.25. The molecule has 4 heteroatoms. The number of ether oxygens (including phenoxy) is 2. The summed E-state index contributed by atoms with van der Waals surface area (Å²) >= 11 is 2.15. The Kier molecular flexibility index (Phi) is 4.19. The summed E-state index contributed by atoms with van der Waals surface area (Å²) in [7, 11) is 1.35. The van der Waals surface area contributed by atoms with Gasteiger partial charge in [0.05, 0.1) is 10.7 Å². The molecule has 0 spiro atoms. The number of methoxy groups -OCH3 is 1. The lowest BCUT2D eigenvalue weighted by Gasteiger charge is -2.13. The molecule has 0 radical (unpaired) electrons. The standard InChI is InChI=1S/C10H11IO3/c1-7(10(12)13-2)14-9-6-4-3-5-8(9)11/h3-7H,1-2H3. The second-order valence-electron chi connectivity index (χ2n) is 2.71. The van der Waals surface area contributed by atoms with Gasteiger partial charge >= 0.3 is 5.97 Å². The van der Waals surface area contributed by atoms with Gasteiger partial charge in [-0.2, -0.15) is 0 Å². The highest BCUT2D eigenvalue weighted by atomic mass is 127. The van der Waals surface area contributed by atoms with Crippen molar-refractivity contribution in [2.45, 2.75) is 13.0 Å². The maximum Gasteiger partial charge on any atom is 0.346 e. The average Bonchev–Trinajstić information content (AvgIpc) is 2.20. The highest BCUT2D eigenvalue weighted by Gasteiger charge is 2.15. The zero-order chi connectivity index (χ0) is 10.6. The van der Waals surface area contributed by atoms with Gasteiger partial charge < -0.3 is 9.47 Å². The minimum absolute atomic E-state index is 0.371. The van der Waals surface area contributed by atoms with Crippen molar-refractivity contribution < 1.29 is 14.3 Å². The van der Waals surface area contributed by atoms with Gasteiger partial charge in [0.15, 0.2) is 6.10 Å². The van der Waals surface area contributed by atoms with Gasteiger partial charge in [-0.3, -0.25) is 0 Å².